The molecule has 0 radical (unpaired) electrons. The van der Waals surface area contributed by atoms with Crippen molar-refractivity contribution in [2.75, 3.05) is 0 Å². The first kappa shape index (κ1) is 21.4. The van der Waals surface area contributed by atoms with E-state index in [2.05, 4.69) is 124 Å². The van der Waals surface area contributed by atoms with Crippen LogP contribution >= 0.6 is 11.8 Å². The van der Waals surface area contributed by atoms with Crippen LogP contribution in [0.25, 0.3) is 4.91 Å². The molecule has 0 amide bonds. The Hall–Kier alpha value is -2.84. The minimum atomic E-state index is -0.108. The van der Waals surface area contributed by atoms with Gasteiger partial charge in [0.25, 0.3) is 0 Å². The first-order valence-corrected chi connectivity index (χ1v) is 11.7. The number of benzene rings is 3. The highest BCUT2D eigenvalue weighted by molar-refractivity contribution is 8.08. The molecule has 0 bridgehead atoms. The van der Waals surface area contributed by atoms with Crippen LogP contribution in [-0.2, 0) is 6.42 Å². The van der Waals surface area contributed by atoms with E-state index in [-0.39, 0.29) is 10.8 Å². The molecular formula is C29H29NS. The van der Waals surface area contributed by atoms with Gasteiger partial charge in [-0.05, 0) is 49.5 Å². The topological polar surface area (TPSA) is 12.4 Å². The van der Waals surface area contributed by atoms with Crippen LogP contribution in [0.2, 0.25) is 0 Å². The van der Waals surface area contributed by atoms with Gasteiger partial charge in [0.05, 0.1) is 10.8 Å². The second-order valence-electron chi connectivity index (χ2n) is 8.87. The van der Waals surface area contributed by atoms with E-state index < -0.39 is 0 Å². The average Bonchev–Trinajstić information content (AvgIpc) is 2.79. The van der Waals surface area contributed by atoms with E-state index >= 15 is 0 Å². The summed E-state index contributed by atoms with van der Waals surface area (Å²) in [4.78, 5) is 6.15. The lowest BCUT2D eigenvalue weighted by atomic mass is 9.94. The number of aliphatic imine (C=N–C) groups is 1. The van der Waals surface area contributed by atoms with E-state index in [9.17, 15) is 0 Å². The molecule has 1 atom stereocenters. The minimum Gasteiger partial charge on any atom is -0.287 e. The minimum absolute atomic E-state index is 0.108. The number of nitrogens with zero attached hydrogens (tertiary/aromatic N) is 1. The van der Waals surface area contributed by atoms with E-state index in [0.29, 0.717) is 0 Å². The van der Waals surface area contributed by atoms with Gasteiger partial charge in [0, 0.05) is 16.7 Å². The van der Waals surface area contributed by atoms with Crippen molar-refractivity contribution in [3.63, 3.8) is 0 Å². The van der Waals surface area contributed by atoms with Crippen LogP contribution in [0.4, 0.5) is 0 Å². The average molecular weight is 424 g/mol. The number of hydrogen-bond acceptors (Lipinski definition) is 2. The zero-order valence-corrected chi connectivity index (χ0v) is 19.3. The summed E-state index contributed by atoms with van der Waals surface area (Å²) in [7, 11) is 0. The molecule has 0 aromatic heterocycles. The van der Waals surface area contributed by atoms with Crippen LogP contribution in [-0.4, -0.2) is 11.8 Å². The van der Waals surface area contributed by atoms with Crippen molar-refractivity contribution in [3.8, 4) is 0 Å². The Morgan fingerprint density at radius 3 is 2.00 bits per heavy atom. The van der Waals surface area contributed by atoms with Crippen molar-refractivity contribution in [2.24, 2.45) is 4.99 Å². The maximum Gasteiger partial charge on any atom is 0.0560 e. The van der Waals surface area contributed by atoms with Crippen LogP contribution in [0, 0.1) is 0 Å². The molecule has 4 rings (SSSR count). The molecule has 1 nitrogen and oxygen atoms in total. The Labute approximate surface area is 190 Å². The zero-order chi connectivity index (χ0) is 21.7. The zero-order valence-electron chi connectivity index (χ0n) is 18.5. The lowest BCUT2D eigenvalue weighted by Gasteiger charge is -2.28. The Morgan fingerprint density at radius 1 is 0.806 bits per heavy atom. The summed E-state index contributed by atoms with van der Waals surface area (Å²) in [5, 5.41) is 0.281. The van der Waals surface area contributed by atoms with Gasteiger partial charge < -0.3 is 0 Å². The number of rotatable bonds is 5. The lowest BCUT2D eigenvalue weighted by molar-refractivity contribution is 0.586. The highest BCUT2D eigenvalue weighted by Crippen LogP contribution is 2.50. The third kappa shape index (κ3) is 5.65. The number of thioether (sulfide) groups is 1. The molecule has 2 heteroatoms. The molecule has 3 aromatic rings. The van der Waals surface area contributed by atoms with Gasteiger partial charge in [0.15, 0.2) is 0 Å². The molecule has 31 heavy (non-hydrogen) atoms. The van der Waals surface area contributed by atoms with Crippen molar-refractivity contribution >= 4 is 22.9 Å². The van der Waals surface area contributed by atoms with Crippen LogP contribution in [0.1, 0.15) is 42.7 Å². The van der Waals surface area contributed by atoms with Gasteiger partial charge in [-0.2, -0.15) is 0 Å². The fourth-order valence-corrected chi connectivity index (χ4v) is 5.02. The normalized spacial score (nSPS) is 17.1. The fraction of sp³-hybridized carbons (Fsp3) is 0.207. The molecule has 1 aliphatic rings. The monoisotopic (exact) mass is 423 g/mol. The van der Waals surface area contributed by atoms with Crippen LogP contribution in [0.3, 0.4) is 0 Å². The fourth-order valence-electron chi connectivity index (χ4n) is 3.67. The van der Waals surface area contributed by atoms with Crippen molar-refractivity contribution in [2.45, 2.75) is 38.0 Å². The van der Waals surface area contributed by atoms with Crippen molar-refractivity contribution < 1.29 is 0 Å². The first-order valence-electron chi connectivity index (χ1n) is 10.8. The third-order valence-corrected chi connectivity index (χ3v) is 6.67. The van der Waals surface area contributed by atoms with Crippen molar-refractivity contribution in [1.82, 2.24) is 0 Å². The molecule has 3 aromatic carbocycles. The number of allylic oxidation sites excluding steroid dienone is 2. The van der Waals surface area contributed by atoms with Gasteiger partial charge in [0.2, 0.25) is 0 Å². The number of hydrogen-bond donors (Lipinski definition) is 0. The Bertz CT molecular complexity index is 1090. The first-order chi connectivity index (χ1) is 15.0. The van der Waals surface area contributed by atoms with Gasteiger partial charge in [-0.15, -0.1) is 11.8 Å². The Balaban J connectivity index is 1.83. The molecule has 0 aliphatic carbocycles. The van der Waals surface area contributed by atoms with E-state index in [1.54, 1.807) is 0 Å². The summed E-state index contributed by atoms with van der Waals surface area (Å²) in [5.41, 5.74) is 6.43. The molecule has 1 unspecified atom stereocenters. The Morgan fingerprint density at radius 2 is 1.39 bits per heavy atom. The molecule has 0 N–H and O–H groups in total. The van der Waals surface area contributed by atoms with Gasteiger partial charge in [0.1, 0.15) is 0 Å². The van der Waals surface area contributed by atoms with Crippen LogP contribution in [0.15, 0.2) is 113 Å². The largest absolute Gasteiger partial charge is 0.287 e. The molecular weight excluding hydrogens is 394 g/mol. The Kier molecular flexibility index (Phi) is 6.58. The predicted molar refractivity (Wildman–Crippen MR) is 137 cm³/mol. The van der Waals surface area contributed by atoms with E-state index in [0.717, 1.165) is 6.42 Å². The second-order valence-corrected chi connectivity index (χ2v) is 9.99. The quantitative estimate of drug-likeness (QED) is 0.380. The van der Waals surface area contributed by atoms with Crippen molar-refractivity contribution in [1.29, 1.82) is 0 Å². The molecule has 1 aliphatic heterocycles. The van der Waals surface area contributed by atoms with E-state index in [4.69, 9.17) is 4.99 Å². The molecule has 0 fully saturated rings. The summed E-state index contributed by atoms with van der Waals surface area (Å²) < 4.78 is 0. The van der Waals surface area contributed by atoms with Gasteiger partial charge in [-0.1, -0.05) is 97.1 Å². The van der Waals surface area contributed by atoms with Crippen molar-refractivity contribution in [3.05, 3.63) is 125 Å². The van der Waals surface area contributed by atoms with E-state index in [1.165, 1.54) is 32.7 Å². The molecule has 0 saturated heterocycles. The van der Waals surface area contributed by atoms with E-state index in [1.807, 2.05) is 11.8 Å². The lowest BCUT2D eigenvalue weighted by Crippen LogP contribution is -2.12. The summed E-state index contributed by atoms with van der Waals surface area (Å²) in [6.45, 7) is 6.43. The summed E-state index contributed by atoms with van der Waals surface area (Å²) in [5.74, 6) is 0. The van der Waals surface area contributed by atoms with Gasteiger partial charge in [-0.3, -0.25) is 4.99 Å². The predicted octanol–water partition coefficient (Wildman–Crippen LogP) is 7.92. The molecule has 156 valence electrons. The third-order valence-electron chi connectivity index (χ3n) is 5.16. The molecule has 0 spiro atoms. The summed E-state index contributed by atoms with van der Waals surface area (Å²) in [6, 6.07) is 32.3. The molecule has 0 saturated carbocycles. The van der Waals surface area contributed by atoms with Gasteiger partial charge in [-0.25, -0.2) is 0 Å². The second kappa shape index (κ2) is 9.53. The highest BCUT2D eigenvalue weighted by atomic mass is 32.2. The highest BCUT2D eigenvalue weighted by Gasteiger charge is 2.26. The SMILES string of the molecule is CC(C)(C)N=CC1=C(c2ccccc2)SC(c2ccccc2)C(Cc2ccccc2)=C1. The van der Waals surface area contributed by atoms with Crippen LogP contribution < -0.4 is 0 Å². The smallest absolute Gasteiger partial charge is 0.0560 e. The summed E-state index contributed by atoms with van der Waals surface area (Å²) >= 11 is 1.94. The molecule has 1 heterocycles. The standard InChI is InChI=1S/C29H29NS/c1-29(2,3)30-21-26-20-25(19-22-13-7-4-8-14-22)27(23-15-9-5-10-16-23)31-28(26)24-17-11-6-12-18-24/h4-18,20-21,27H,19H2,1-3H3. The maximum atomic E-state index is 4.85. The maximum absolute atomic E-state index is 4.85. The summed E-state index contributed by atoms with van der Waals surface area (Å²) in [6.07, 6.45) is 5.38. The van der Waals surface area contributed by atoms with Crippen LogP contribution in [0.5, 0.6) is 0 Å². The van der Waals surface area contributed by atoms with Gasteiger partial charge >= 0.3 is 0 Å².